The molecule has 1 aromatic heterocycles. The third-order valence-electron chi connectivity index (χ3n) is 6.62. The van der Waals surface area contributed by atoms with E-state index in [4.69, 9.17) is 19.6 Å². The van der Waals surface area contributed by atoms with E-state index in [1.54, 1.807) is 8.61 Å². The first-order valence-corrected chi connectivity index (χ1v) is 12.9. The van der Waals surface area contributed by atoms with E-state index < -0.39 is 10.2 Å². The number of anilines is 1. The second kappa shape index (κ2) is 10.3. The number of hydrogen-bond donors (Lipinski definition) is 1. The molecular weight excluding hydrogens is 444 g/mol. The van der Waals surface area contributed by atoms with Crippen molar-refractivity contribution in [3.05, 3.63) is 34.9 Å². The fourth-order valence-corrected chi connectivity index (χ4v) is 6.51. The van der Waals surface area contributed by atoms with E-state index in [0.29, 0.717) is 45.9 Å². The maximum absolute atomic E-state index is 13.0. The number of pyridine rings is 1. The summed E-state index contributed by atoms with van der Waals surface area (Å²) < 4.78 is 34.6. The highest BCUT2D eigenvalue weighted by atomic mass is 32.2. The molecule has 0 unspecified atom stereocenters. The lowest BCUT2D eigenvalue weighted by atomic mass is 10.0. The van der Waals surface area contributed by atoms with Gasteiger partial charge in [-0.2, -0.15) is 17.0 Å². The quantitative estimate of drug-likeness (QED) is 0.674. The van der Waals surface area contributed by atoms with Crippen LogP contribution in [0.25, 0.3) is 10.9 Å². The van der Waals surface area contributed by atoms with Crippen molar-refractivity contribution < 1.29 is 23.1 Å². The van der Waals surface area contributed by atoms with Gasteiger partial charge in [0.25, 0.3) is 16.7 Å². The van der Waals surface area contributed by atoms with Crippen LogP contribution in [0.5, 0.6) is 0 Å². The smallest absolute Gasteiger partial charge is 0.290 e. The second-order valence-corrected chi connectivity index (χ2v) is 10.6. The average Bonchev–Trinajstić information content (AvgIpc) is 3.11. The molecule has 0 amide bonds. The molecule has 2 fully saturated rings. The molecule has 180 valence electrons. The number of ether oxygens (including phenoxy) is 1. The predicted octanol–water partition coefficient (Wildman–Crippen LogP) is 1.82. The van der Waals surface area contributed by atoms with Crippen molar-refractivity contribution in [2.75, 3.05) is 57.4 Å². The lowest BCUT2D eigenvalue weighted by Gasteiger charge is -2.31. The minimum atomic E-state index is -3.42. The molecule has 2 aromatic rings. The number of carbonyl (C=O) groups is 1. The monoisotopic (exact) mass is 476 g/mol. The van der Waals surface area contributed by atoms with Crippen LogP contribution in [0.1, 0.15) is 29.5 Å². The molecular formula is C23H32N4O5S. The summed E-state index contributed by atoms with van der Waals surface area (Å²) in [5.41, 5.74) is 5.21. The molecule has 0 radical (unpaired) electrons. The number of aryl methyl sites for hydroxylation is 3. The predicted molar refractivity (Wildman–Crippen MR) is 127 cm³/mol. The van der Waals surface area contributed by atoms with Crippen LogP contribution >= 0.6 is 0 Å². The zero-order valence-electron chi connectivity index (χ0n) is 19.1. The molecule has 9 nitrogen and oxygen atoms in total. The molecule has 5 rings (SSSR count). The number of benzene rings is 1. The normalized spacial score (nSPS) is 20.1. The number of morpholine rings is 1. The highest BCUT2D eigenvalue weighted by Gasteiger charge is 2.32. The first-order chi connectivity index (χ1) is 15.9. The molecule has 1 aromatic carbocycles. The van der Waals surface area contributed by atoms with Gasteiger partial charge in [-0.05, 0) is 67.5 Å². The Bertz CT molecular complexity index is 1100. The maximum atomic E-state index is 13.0. The Morgan fingerprint density at radius 2 is 1.61 bits per heavy atom. The number of rotatable bonds is 3. The summed E-state index contributed by atoms with van der Waals surface area (Å²) in [5, 5.41) is 8.13. The van der Waals surface area contributed by atoms with Gasteiger partial charge in [0.1, 0.15) is 5.82 Å². The number of nitrogens with zero attached hydrogens (tertiary/aromatic N) is 4. The van der Waals surface area contributed by atoms with E-state index >= 15 is 0 Å². The molecule has 0 bridgehead atoms. The lowest BCUT2D eigenvalue weighted by Crippen LogP contribution is -2.49. The minimum absolute atomic E-state index is 0.250. The fraction of sp³-hybridized carbons (Fsp3) is 0.565. The van der Waals surface area contributed by atoms with Gasteiger partial charge >= 0.3 is 0 Å². The van der Waals surface area contributed by atoms with Crippen LogP contribution in [0.2, 0.25) is 0 Å². The molecule has 3 aliphatic rings. The summed E-state index contributed by atoms with van der Waals surface area (Å²) >= 11 is 0. The Labute approximate surface area is 195 Å². The average molecular weight is 477 g/mol. The Kier molecular flexibility index (Phi) is 7.48. The highest BCUT2D eigenvalue weighted by Crippen LogP contribution is 2.30. The Morgan fingerprint density at radius 3 is 2.33 bits per heavy atom. The van der Waals surface area contributed by atoms with Gasteiger partial charge in [-0.1, -0.05) is 0 Å². The molecule has 2 saturated heterocycles. The van der Waals surface area contributed by atoms with Crippen molar-refractivity contribution in [3.8, 4) is 0 Å². The van der Waals surface area contributed by atoms with Crippen molar-refractivity contribution in [3.63, 3.8) is 0 Å². The first kappa shape index (κ1) is 23.9. The van der Waals surface area contributed by atoms with Gasteiger partial charge in [-0.3, -0.25) is 4.79 Å². The van der Waals surface area contributed by atoms with Crippen molar-refractivity contribution >= 4 is 33.4 Å². The zero-order valence-corrected chi connectivity index (χ0v) is 19.9. The number of aromatic nitrogens is 1. The summed E-state index contributed by atoms with van der Waals surface area (Å²) in [6.45, 7) is 6.26. The van der Waals surface area contributed by atoms with E-state index in [0.717, 1.165) is 30.7 Å². The van der Waals surface area contributed by atoms with E-state index in [-0.39, 0.29) is 6.47 Å². The van der Waals surface area contributed by atoms with Gasteiger partial charge in [0.15, 0.2) is 0 Å². The van der Waals surface area contributed by atoms with E-state index in [1.807, 2.05) is 0 Å². The van der Waals surface area contributed by atoms with Crippen LogP contribution in [-0.2, 0) is 32.6 Å². The van der Waals surface area contributed by atoms with Gasteiger partial charge in [0, 0.05) is 44.7 Å². The maximum Gasteiger partial charge on any atom is 0.290 e. The summed E-state index contributed by atoms with van der Waals surface area (Å²) in [4.78, 5) is 15.6. The molecule has 3 heterocycles. The lowest BCUT2D eigenvalue weighted by molar-refractivity contribution is -0.122. The number of hydrogen-bond acceptors (Lipinski definition) is 6. The largest absolute Gasteiger partial charge is 0.483 e. The van der Waals surface area contributed by atoms with Gasteiger partial charge in [0.05, 0.1) is 18.7 Å². The van der Waals surface area contributed by atoms with Crippen molar-refractivity contribution in [1.82, 2.24) is 13.6 Å². The van der Waals surface area contributed by atoms with Gasteiger partial charge < -0.3 is 14.7 Å². The van der Waals surface area contributed by atoms with Crippen LogP contribution < -0.4 is 4.90 Å². The topological polar surface area (TPSA) is 103 Å². The van der Waals surface area contributed by atoms with Gasteiger partial charge in [-0.15, -0.1) is 0 Å². The van der Waals surface area contributed by atoms with Crippen molar-refractivity contribution in [2.24, 2.45) is 0 Å². The summed E-state index contributed by atoms with van der Waals surface area (Å²) in [7, 11) is -3.42. The molecule has 1 aliphatic carbocycles. The van der Waals surface area contributed by atoms with E-state index in [2.05, 4.69) is 30.0 Å². The van der Waals surface area contributed by atoms with Crippen molar-refractivity contribution in [1.29, 1.82) is 0 Å². The molecule has 10 heteroatoms. The molecule has 0 spiro atoms. The molecule has 2 aliphatic heterocycles. The molecule has 0 atom stereocenters. The molecule has 1 N–H and O–H groups in total. The molecule has 33 heavy (non-hydrogen) atoms. The van der Waals surface area contributed by atoms with Gasteiger partial charge in [-0.25, -0.2) is 4.98 Å². The van der Waals surface area contributed by atoms with Crippen LogP contribution in [-0.4, -0.2) is 86.1 Å². The summed E-state index contributed by atoms with van der Waals surface area (Å²) in [5.74, 6) is 0.962. The number of fused-ring (bicyclic) bond motifs is 2. The first-order valence-electron chi connectivity index (χ1n) is 11.5. The Hall–Kier alpha value is -2.27. The van der Waals surface area contributed by atoms with E-state index in [1.165, 1.54) is 34.9 Å². The Balaban J connectivity index is 0.000000821. The van der Waals surface area contributed by atoms with Gasteiger partial charge in [0.2, 0.25) is 0 Å². The standard InChI is InChI=1S/C22H30N4O3S.CH2O2/c1-17-14-22(23-21-16-19-5-2-4-18(19)15-20(17)21)24-6-3-7-25(9-8-24)30(27,28)26-10-12-29-13-11-26;2-1-3/h14-16H,2-13H2,1H3;1H,(H,2,3). The molecule has 0 saturated carbocycles. The third kappa shape index (κ3) is 5.13. The van der Waals surface area contributed by atoms with Crippen molar-refractivity contribution in [2.45, 2.75) is 32.6 Å². The highest BCUT2D eigenvalue weighted by molar-refractivity contribution is 7.86. The summed E-state index contributed by atoms with van der Waals surface area (Å²) in [6.07, 6.45) is 4.35. The van der Waals surface area contributed by atoms with Crippen LogP contribution in [0.3, 0.4) is 0 Å². The van der Waals surface area contributed by atoms with Crippen LogP contribution in [0.4, 0.5) is 5.82 Å². The van der Waals surface area contributed by atoms with Crippen LogP contribution in [0.15, 0.2) is 18.2 Å². The zero-order chi connectivity index (χ0) is 23.4. The number of carboxylic acid groups (broad SMARTS) is 1. The van der Waals surface area contributed by atoms with Crippen LogP contribution in [0, 0.1) is 6.92 Å². The second-order valence-electron chi connectivity index (χ2n) is 8.65. The Morgan fingerprint density at radius 1 is 0.939 bits per heavy atom. The SMILES string of the molecule is Cc1cc(N2CCCN(S(=O)(=O)N3CCOCC3)CC2)nc2cc3c(cc12)CCC3.O=CO. The summed E-state index contributed by atoms with van der Waals surface area (Å²) in [6, 6.07) is 6.75. The fourth-order valence-electron chi connectivity index (χ4n) is 4.90. The third-order valence-corrected chi connectivity index (χ3v) is 8.65. The minimum Gasteiger partial charge on any atom is -0.483 e. The van der Waals surface area contributed by atoms with E-state index in [9.17, 15) is 8.42 Å².